The Morgan fingerprint density at radius 3 is 0.836 bits per heavy atom. The first-order valence-corrected chi connectivity index (χ1v) is 54.9. The van der Waals surface area contributed by atoms with Gasteiger partial charge in [0.2, 0.25) is 35.0 Å². The highest BCUT2D eigenvalue weighted by molar-refractivity contribution is 6.94. The van der Waals surface area contributed by atoms with Gasteiger partial charge < -0.3 is 80.8 Å². The van der Waals surface area contributed by atoms with E-state index in [0.29, 0.717) is 0 Å². The van der Waals surface area contributed by atoms with E-state index < -0.39 is 131 Å². The van der Waals surface area contributed by atoms with Crippen molar-refractivity contribution in [3.8, 4) is 12.0 Å². The first-order chi connectivity index (χ1) is 29.9. The van der Waals surface area contributed by atoms with E-state index in [0.717, 1.165) is 21.3 Å². The summed E-state index contributed by atoms with van der Waals surface area (Å²) in [6, 6.07) is 11.2. The lowest BCUT2D eigenvalue weighted by Crippen LogP contribution is -2.70. The predicted molar refractivity (Wildman–Crippen MR) is 293 cm³/mol. The Labute approximate surface area is 421 Å². The van der Waals surface area contributed by atoms with Gasteiger partial charge in [0.15, 0.2) is 25.0 Å². The van der Waals surface area contributed by atoms with Crippen LogP contribution in [0.1, 0.15) is 0 Å². The maximum absolute atomic E-state index is 11.4. The van der Waals surface area contributed by atoms with Crippen LogP contribution in [-0.2, 0) is 71.2 Å². The van der Waals surface area contributed by atoms with Crippen molar-refractivity contribution in [2.75, 3.05) is 28.4 Å². The SMILES string of the molecule is C#[Si]O[Si](OC)(O[Si](C)(C)C=C)O[Si@](O)(OC)O[Si](O[Si]#C)(O[Si](C)(C)C=C)O[Si](O)(OC)OC.C=C[Si](C)(C)O[Si](C)(C)O[Si](C)(O[Si](C)(C)O[Si](C)(C)C=C)O[Si](C)(C)O[Si](C)(C)C=C. The monoisotopic (exact) mass is 1200 g/mol. The Bertz CT molecular complexity index is 1630. The average molecular weight is 1200 g/mol. The molecular formula is C33H82O19Si15. The lowest BCUT2D eigenvalue weighted by atomic mass is 11.3. The van der Waals surface area contributed by atoms with Gasteiger partial charge in [-0.3, -0.25) is 0 Å². The van der Waals surface area contributed by atoms with Crippen LogP contribution >= 0.6 is 0 Å². The summed E-state index contributed by atoms with van der Waals surface area (Å²) < 4.78 is 101. The van der Waals surface area contributed by atoms with Gasteiger partial charge in [0.05, 0.1) is 0 Å². The smallest absolute Gasteiger partial charge is 0.496 e. The zero-order chi connectivity index (χ0) is 53.5. The molecule has 0 spiro atoms. The Morgan fingerprint density at radius 2 is 0.582 bits per heavy atom. The quantitative estimate of drug-likeness (QED) is 0.0700. The van der Waals surface area contributed by atoms with Crippen LogP contribution in [0.4, 0.5) is 0 Å². The van der Waals surface area contributed by atoms with Crippen LogP contribution in [0.5, 0.6) is 0 Å². The first kappa shape index (κ1) is 69.5. The fraction of sp³-hybridized carbons (Fsp3) is 0.636. The molecule has 0 bridgehead atoms. The topological polar surface area (TPSA) is 197 Å². The van der Waals surface area contributed by atoms with Crippen LogP contribution in [0.3, 0.4) is 0 Å². The molecule has 0 aliphatic rings. The normalized spacial score (nSPS) is 16.3. The van der Waals surface area contributed by atoms with E-state index in [1.54, 1.807) is 31.9 Å². The van der Waals surface area contributed by atoms with Gasteiger partial charge in [-0.1, -0.05) is 28.5 Å². The molecule has 0 aromatic heterocycles. The molecule has 0 saturated carbocycles. The molecule has 0 radical (unpaired) electrons. The van der Waals surface area contributed by atoms with Crippen LogP contribution < -0.4 is 0 Å². The highest BCUT2D eigenvalue weighted by Crippen LogP contribution is 2.32. The summed E-state index contributed by atoms with van der Waals surface area (Å²) in [5.41, 5.74) is 8.90. The van der Waals surface area contributed by atoms with Crippen molar-refractivity contribution >= 4 is 131 Å². The van der Waals surface area contributed by atoms with E-state index >= 15 is 0 Å². The minimum absolute atomic E-state index is 0.645. The highest BCUT2D eigenvalue weighted by Gasteiger charge is 2.69. The Kier molecular flexibility index (Phi) is 28.1. The molecular weight excluding hydrogens is 1120 g/mol. The molecule has 34 heteroatoms. The van der Waals surface area contributed by atoms with E-state index in [1.165, 1.54) is 12.8 Å². The zero-order valence-electron chi connectivity index (χ0n) is 43.9. The maximum atomic E-state index is 11.4. The van der Waals surface area contributed by atoms with Crippen molar-refractivity contribution in [3.05, 3.63) is 61.4 Å². The van der Waals surface area contributed by atoms with Crippen LogP contribution in [0, 0.1) is 12.0 Å². The van der Waals surface area contributed by atoms with Gasteiger partial charge in [-0.2, -0.15) is 0 Å². The molecule has 0 aliphatic heterocycles. The predicted octanol–water partition coefficient (Wildman–Crippen LogP) is 6.24. The third-order valence-electron chi connectivity index (χ3n) is 8.21. The van der Waals surface area contributed by atoms with E-state index in [1.807, 2.05) is 62.9 Å². The lowest BCUT2D eigenvalue weighted by Gasteiger charge is -2.45. The van der Waals surface area contributed by atoms with Gasteiger partial charge in [0, 0.05) is 35.0 Å². The molecule has 0 heterocycles. The molecule has 0 rings (SSSR count). The van der Waals surface area contributed by atoms with Crippen molar-refractivity contribution in [3.63, 3.8) is 0 Å². The van der Waals surface area contributed by atoms with E-state index in [9.17, 15) is 9.59 Å². The molecule has 0 aliphatic carbocycles. The Morgan fingerprint density at radius 1 is 0.343 bits per heavy atom. The molecule has 388 valence electrons. The zero-order valence-corrected chi connectivity index (χ0v) is 58.9. The molecule has 2 N–H and O–H groups in total. The van der Waals surface area contributed by atoms with Crippen molar-refractivity contribution in [2.45, 2.75) is 111 Å². The van der Waals surface area contributed by atoms with Crippen molar-refractivity contribution in [2.24, 2.45) is 0 Å². The van der Waals surface area contributed by atoms with Gasteiger partial charge in [-0.05, 0) is 105 Å². The van der Waals surface area contributed by atoms with Crippen molar-refractivity contribution < 1.29 is 80.8 Å². The molecule has 0 aromatic rings. The fourth-order valence-corrected chi connectivity index (χ4v) is 54.3. The summed E-state index contributed by atoms with van der Waals surface area (Å²) in [6.45, 7) is 53.2. The number of hydrogen-bond donors (Lipinski definition) is 2. The largest absolute Gasteiger partial charge is 0.727 e. The van der Waals surface area contributed by atoms with Crippen molar-refractivity contribution in [1.29, 1.82) is 0 Å². The summed E-state index contributed by atoms with van der Waals surface area (Å²) >= 11 is 0. The van der Waals surface area contributed by atoms with E-state index in [4.69, 9.17) is 83.2 Å². The van der Waals surface area contributed by atoms with Gasteiger partial charge in [0.25, 0.3) is 0 Å². The highest BCUT2D eigenvalue weighted by atomic mass is 28.6. The number of rotatable bonds is 33. The minimum atomic E-state index is -4.89. The second-order valence-electron chi connectivity index (χ2n) is 18.5. The molecule has 0 fully saturated rings. The summed E-state index contributed by atoms with van der Waals surface area (Å²) in [6.07, 6.45) is 0. The molecule has 2 unspecified atom stereocenters. The molecule has 0 amide bonds. The summed E-state index contributed by atoms with van der Waals surface area (Å²) in [4.78, 5) is 22.0. The molecule has 0 saturated heterocycles. The standard InChI is InChI=1S/C19H48O6Si7.C14H34O13Si8/c1-17-26(4,5)20-29(10,11)23-32(16,24-30(12,13)21-27(6,7)18-2)25-31(14,15)22-28(8,9)19-3;1-13-30(9,10)23-34(20-6,21-28-7)26-33(16,19-5)27-35(22-29-8,24-31(11,12)14-2)25-32(15,17-3)18-4/h17-19H,1-3H2,4-16H3;7-8,13-16H,1-2H2,3-6,9-12H3/t;33-,34?,35?/m.0/s1. The average Bonchev–Trinajstić information content (AvgIpc) is 3.15. The second kappa shape index (κ2) is 27.1. The van der Waals surface area contributed by atoms with Crippen LogP contribution in [0.15, 0.2) is 61.4 Å². The van der Waals surface area contributed by atoms with Crippen molar-refractivity contribution in [1.82, 2.24) is 0 Å². The molecule has 0 aromatic carbocycles. The third-order valence-corrected chi connectivity index (χ3v) is 53.0. The summed E-state index contributed by atoms with van der Waals surface area (Å²) in [5.74, 6) is 0. The van der Waals surface area contributed by atoms with Gasteiger partial charge in [-0.15, -0.1) is 44.9 Å². The third kappa shape index (κ3) is 26.8. The Balaban J connectivity index is 0. The fourth-order valence-electron chi connectivity index (χ4n) is 5.42. The molecule has 19 nitrogen and oxygen atoms in total. The van der Waals surface area contributed by atoms with Gasteiger partial charge in [-0.25, -0.2) is 0 Å². The second-order valence-corrected chi connectivity index (χ2v) is 63.5. The summed E-state index contributed by atoms with van der Waals surface area (Å²) in [5, 5.41) is 0. The lowest BCUT2D eigenvalue weighted by molar-refractivity contribution is -0.0170. The summed E-state index contributed by atoms with van der Waals surface area (Å²) in [7, 11) is -37.7. The van der Waals surface area contributed by atoms with Crippen LogP contribution in [0.25, 0.3) is 0 Å². The minimum Gasteiger partial charge on any atom is -0.496 e. The maximum Gasteiger partial charge on any atom is 0.727 e. The van der Waals surface area contributed by atoms with Crippen LogP contribution in [0.2, 0.25) is 111 Å². The number of hydrogen-bond acceptors (Lipinski definition) is 19. The van der Waals surface area contributed by atoms with E-state index in [-0.39, 0.29) is 0 Å². The first-order valence-electron chi connectivity index (χ1n) is 20.8. The molecule has 67 heavy (non-hydrogen) atoms. The molecule has 3 atom stereocenters. The van der Waals surface area contributed by atoms with E-state index in [2.05, 4.69) is 72.2 Å². The van der Waals surface area contributed by atoms with Gasteiger partial charge >= 0.3 is 70.7 Å². The van der Waals surface area contributed by atoms with Gasteiger partial charge in [0.1, 0.15) is 0 Å². The Hall–Kier alpha value is 0.433. The van der Waals surface area contributed by atoms with Crippen LogP contribution in [-0.4, -0.2) is 169 Å².